The number of rotatable bonds is 5. The number of halogens is 1. The van der Waals surface area contributed by atoms with Crippen LogP contribution in [-0.2, 0) is 9.84 Å². The summed E-state index contributed by atoms with van der Waals surface area (Å²) < 4.78 is 28.8. The van der Waals surface area contributed by atoms with Crippen LogP contribution in [0, 0.1) is 0 Å². The molecule has 0 saturated heterocycles. The van der Waals surface area contributed by atoms with E-state index in [1.54, 1.807) is 26.0 Å². The van der Waals surface area contributed by atoms with Crippen LogP contribution in [0.15, 0.2) is 22.7 Å². The van der Waals surface area contributed by atoms with Crippen molar-refractivity contribution in [2.24, 2.45) is 5.73 Å². The van der Waals surface area contributed by atoms with Crippen LogP contribution in [0.3, 0.4) is 0 Å². The van der Waals surface area contributed by atoms with E-state index in [9.17, 15) is 8.42 Å². The minimum absolute atomic E-state index is 0.568. The van der Waals surface area contributed by atoms with Crippen LogP contribution in [-0.4, -0.2) is 26.0 Å². The topological polar surface area (TPSA) is 69.4 Å². The molecule has 108 valence electrons. The molecule has 1 rings (SSSR count). The molecule has 4 nitrogen and oxygen atoms in total. The van der Waals surface area contributed by atoms with Crippen molar-refractivity contribution in [3.05, 3.63) is 28.2 Å². The number of nitrogens with two attached hydrogens (primary N) is 1. The maximum absolute atomic E-state index is 11.8. The smallest absolute Gasteiger partial charge is 0.154 e. The quantitative estimate of drug-likeness (QED) is 0.886. The van der Waals surface area contributed by atoms with E-state index >= 15 is 0 Å². The summed E-state index contributed by atoms with van der Waals surface area (Å²) in [4.78, 5) is 0. The third-order valence-electron chi connectivity index (χ3n) is 3.32. The van der Waals surface area contributed by atoms with E-state index < -0.39 is 20.6 Å². The van der Waals surface area contributed by atoms with Crippen LogP contribution < -0.4 is 10.5 Å². The molecule has 0 heterocycles. The largest absolute Gasteiger partial charge is 0.493 e. The number of hydrogen-bond donors (Lipinski definition) is 1. The van der Waals surface area contributed by atoms with Crippen molar-refractivity contribution in [2.45, 2.75) is 31.6 Å². The molecule has 0 bridgehead atoms. The Labute approximate surface area is 123 Å². The molecule has 0 amide bonds. The first-order valence-corrected chi connectivity index (χ1v) is 8.67. The summed E-state index contributed by atoms with van der Waals surface area (Å²) in [6.45, 7) is 5.74. The minimum Gasteiger partial charge on any atom is -0.493 e. The first kappa shape index (κ1) is 16.5. The molecule has 1 aromatic carbocycles. The normalized spacial score (nSPS) is 14.2. The van der Waals surface area contributed by atoms with Crippen molar-refractivity contribution in [1.29, 1.82) is 0 Å². The van der Waals surface area contributed by atoms with Gasteiger partial charge in [-0.3, -0.25) is 0 Å². The van der Waals surface area contributed by atoms with E-state index in [-0.39, 0.29) is 0 Å². The van der Waals surface area contributed by atoms with Crippen LogP contribution in [0.2, 0.25) is 0 Å². The highest BCUT2D eigenvalue weighted by Crippen LogP contribution is 2.34. The molecule has 0 radical (unpaired) electrons. The van der Waals surface area contributed by atoms with Gasteiger partial charge in [0.1, 0.15) is 5.75 Å². The Morgan fingerprint density at radius 1 is 1.42 bits per heavy atom. The maximum atomic E-state index is 11.8. The molecular weight excluding hydrogens is 330 g/mol. The first-order chi connectivity index (χ1) is 8.61. The third-order valence-corrected chi connectivity index (χ3v) is 6.10. The van der Waals surface area contributed by atoms with E-state index in [1.165, 1.54) is 6.26 Å². The monoisotopic (exact) mass is 349 g/mol. The van der Waals surface area contributed by atoms with Gasteiger partial charge < -0.3 is 10.5 Å². The number of hydrogen-bond acceptors (Lipinski definition) is 4. The fourth-order valence-corrected chi connectivity index (χ4v) is 2.72. The van der Waals surface area contributed by atoms with Crippen LogP contribution >= 0.6 is 15.9 Å². The minimum atomic E-state index is -3.25. The van der Waals surface area contributed by atoms with E-state index in [4.69, 9.17) is 10.5 Å². The Kier molecular flexibility index (Phi) is 5.03. The molecule has 6 heteroatoms. The highest BCUT2D eigenvalue weighted by Gasteiger charge is 2.37. The van der Waals surface area contributed by atoms with Gasteiger partial charge in [0, 0.05) is 12.3 Å². The van der Waals surface area contributed by atoms with Gasteiger partial charge in [0.2, 0.25) is 0 Å². The van der Waals surface area contributed by atoms with Crippen LogP contribution in [0.4, 0.5) is 0 Å². The number of ether oxygens (including phenoxy) is 1. The van der Waals surface area contributed by atoms with Gasteiger partial charge in [-0.1, -0.05) is 6.07 Å². The summed E-state index contributed by atoms with van der Waals surface area (Å²) in [5.74, 6) is 0.718. The van der Waals surface area contributed by atoms with Gasteiger partial charge in [0.15, 0.2) is 9.84 Å². The molecule has 1 unspecified atom stereocenters. The average molecular weight is 350 g/mol. The van der Waals surface area contributed by atoms with Gasteiger partial charge in [-0.2, -0.15) is 0 Å². The zero-order valence-electron chi connectivity index (χ0n) is 11.6. The summed E-state index contributed by atoms with van der Waals surface area (Å²) in [6, 6.07) is 4.80. The standard InChI is InChI=1S/C13H20BrNO3S/c1-5-18-11-7-6-9(8-10(11)14)12(15)13(2,3)19(4,16)17/h6-8,12H,5,15H2,1-4H3. The van der Waals surface area contributed by atoms with Crippen LogP contribution in [0.1, 0.15) is 32.4 Å². The van der Waals surface area contributed by atoms with E-state index in [0.717, 1.165) is 15.8 Å². The molecule has 0 aromatic heterocycles. The second-order valence-electron chi connectivity index (χ2n) is 4.98. The molecule has 2 N–H and O–H groups in total. The SMILES string of the molecule is CCOc1ccc(C(N)C(C)(C)S(C)(=O)=O)cc1Br. The van der Waals surface area contributed by atoms with Gasteiger partial charge in [-0.05, 0) is 54.4 Å². The molecule has 0 fully saturated rings. The molecule has 0 spiro atoms. The summed E-state index contributed by atoms with van der Waals surface area (Å²) in [7, 11) is -3.25. The van der Waals surface area contributed by atoms with Crippen molar-refractivity contribution in [1.82, 2.24) is 0 Å². The summed E-state index contributed by atoms with van der Waals surface area (Å²) in [5.41, 5.74) is 6.87. The van der Waals surface area contributed by atoms with Gasteiger partial charge in [-0.25, -0.2) is 8.42 Å². The fraction of sp³-hybridized carbons (Fsp3) is 0.538. The molecular formula is C13H20BrNO3S. The van der Waals surface area contributed by atoms with Gasteiger partial charge in [-0.15, -0.1) is 0 Å². The number of sulfone groups is 1. The van der Waals surface area contributed by atoms with Crippen LogP contribution in [0.25, 0.3) is 0 Å². The van der Waals surface area contributed by atoms with Crippen molar-refractivity contribution in [2.75, 3.05) is 12.9 Å². The highest BCUT2D eigenvalue weighted by molar-refractivity contribution is 9.10. The molecule has 1 aromatic rings. The molecule has 1 atom stereocenters. The zero-order valence-corrected chi connectivity index (χ0v) is 14.0. The van der Waals surface area contributed by atoms with Crippen molar-refractivity contribution in [3.63, 3.8) is 0 Å². The maximum Gasteiger partial charge on any atom is 0.154 e. The Morgan fingerprint density at radius 2 is 2.00 bits per heavy atom. The third kappa shape index (κ3) is 3.49. The molecule has 0 aliphatic heterocycles. The summed E-state index contributed by atoms with van der Waals surface area (Å²) in [5, 5.41) is 0. The van der Waals surface area contributed by atoms with Crippen molar-refractivity contribution in [3.8, 4) is 5.75 Å². The second kappa shape index (κ2) is 5.81. The molecule has 0 aliphatic carbocycles. The van der Waals surface area contributed by atoms with Crippen LogP contribution in [0.5, 0.6) is 5.75 Å². The van der Waals surface area contributed by atoms with Crippen molar-refractivity contribution < 1.29 is 13.2 Å². The van der Waals surface area contributed by atoms with Gasteiger partial charge in [0.05, 0.1) is 15.8 Å². The number of benzene rings is 1. The lowest BCUT2D eigenvalue weighted by atomic mass is 9.96. The Bertz CT molecular complexity index is 555. The Balaban J connectivity index is 3.15. The molecule has 0 saturated carbocycles. The second-order valence-corrected chi connectivity index (χ2v) is 8.43. The molecule has 19 heavy (non-hydrogen) atoms. The van der Waals surface area contributed by atoms with E-state index in [2.05, 4.69) is 15.9 Å². The van der Waals surface area contributed by atoms with E-state index in [0.29, 0.717) is 6.61 Å². The molecule has 0 aliphatic rings. The van der Waals surface area contributed by atoms with Gasteiger partial charge >= 0.3 is 0 Å². The highest BCUT2D eigenvalue weighted by atomic mass is 79.9. The summed E-state index contributed by atoms with van der Waals surface area (Å²) in [6.07, 6.45) is 1.20. The summed E-state index contributed by atoms with van der Waals surface area (Å²) >= 11 is 3.40. The lowest BCUT2D eigenvalue weighted by Crippen LogP contribution is -2.42. The first-order valence-electron chi connectivity index (χ1n) is 5.98. The zero-order chi connectivity index (χ0) is 14.8. The lowest BCUT2D eigenvalue weighted by Gasteiger charge is -2.30. The Hall–Kier alpha value is -0.590. The van der Waals surface area contributed by atoms with E-state index in [1.807, 2.05) is 13.0 Å². The Morgan fingerprint density at radius 3 is 2.42 bits per heavy atom. The lowest BCUT2D eigenvalue weighted by molar-refractivity contribution is 0.338. The van der Waals surface area contributed by atoms with Gasteiger partial charge in [0.25, 0.3) is 0 Å². The predicted molar refractivity (Wildman–Crippen MR) is 81.2 cm³/mol. The average Bonchev–Trinajstić information content (AvgIpc) is 2.29. The fourth-order valence-electron chi connectivity index (χ4n) is 1.62. The van der Waals surface area contributed by atoms with Crippen molar-refractivity contribution >= 4 is 25.8 Å². The predicted octanol–water partition coefficient (Wildman–Crippen LogP) is 2.67.